The van der Waals surface area contributed by atoms with Crippen LogP contribution in [0.1, 0.15) is 12.8 Å². The molecular formula is C29H34Cl2N6O5. The second-order valence-electron chi connectivity index (χ2n) is 10.3. The molecule has 2 aliphatic heterocycles. The number of likely N-dealkylation sites (tertiary alicyclic amines) is 1. The van der Waals surface area contributed by atoms with Crippen LogP contribution in [0, 0.1) is 5.92 Å². The van der Waals surface area contributed by atoms with E-state index in [9.17, 15) is 9.59 Å². The van der Waals surface area contributed by atoms with Crippen LogP contribution in [0.15, 0.2) is 35.8 Å². The number of methoxy groups -OCH3 is 2. The highest BCUT2D eigenvalue weighted by Gasteiger charge is 2.25. The van der Waals surface area contributed by atoms with Crippen LogP contribution in [0.4, 0.5) is 5.95 Å². The van der Waals surface area contributed by atoms with Gasteiger partial charge in [-0.05, 0) is 25.0 Å². The van der Waals surface area contributed by atoms with Gasteiger partial charge in [0.15, 0.2) is 0 Å². The number of ether oxygens (including phenoxy) is 3. The Kier molecular flexibility index (Phi) is 9.52. The van der Waals surface area contributed by atoms with Crippen molar-refractivity contribution in [2.45, 2.75) is 25.4 Å². The van der Waals surface area contributed by atoms with Crippen LogP contribution in [0.2, 0.25) is 10.0 Å². The molecule has 1 amide bonds. The van der Waals surface area contributed by atoms with Gasteiger partial charge in [-0.25, -0.2) is 4.98 Å². The Balaban J connectivity index is 1.48. The van der Waals surface area contributed by atoms with E-state index in [2.05, 4.69) is 22.2 Å². The van der Waals surface area contributed by atoms with Gasteiger partial charge in [0.2, 0.25) is 11.9 Å². The zero-order chi connectivity index (χ0) is 29.8. The summed E-state index contributed by atoms with van der Waals surface area (Å²) < 4.78 is 17.8. The monoisotopic (exact) mass is 616 g/mol. The number of hydrogen-bond acceptors (Lipinski definition) is 9. The number of carbonyl (C=O) groups excluding carboxylic acids is 1. The summed E-state index contributed by atoms with van der Waals surface area (Å²) in [6.07, 6.45) is 4.65. The third-order valence-electron chi connectivity index (χ3n) is 7.68. The van der Waals surface area contributed by atoms with Gasteiger partial charge in [-0.1, -0.05) is 29.8 Å². The molecule has 0 radical (unpaired) electrons. The molecule has 13 heteroatoms. The Labute approximate surface area is 253 Å². The minimum absolute atomic E-state index is 0.0521. The second-order valence-corrected chi connectivity index (χ2v) is 11.1. The van der Waals surface area contributed by atoms with Crippen molar-refractivity contribution in [3.8, 4) is 22.6 Å². The fourth-order valence-electron chi connectivity index (χ4n) is 5.20. The molecule has 11 nitrogen and oxygen atoms in total. The van der Waals surface area contributed by atoms with Crippen LogP contribution >= 0.6 is 23.2 Å². The Morgan fingerprint density at radius 3 is 2.45 bits per heavy atom. The first-order chi connectivity index (χ1) is 20.3. The van der Waals surface area contributed by atoms with Crippen molar-refractivity contribution in [2.24, 2.45) is 5.92 Å². The number of benzene rings is 1. The first-order valence-electron chi connectivity index (χ1n) is 13.8. The summed E-state index contributed by atoms with van der Waals surface area (Å²) in [4.78, 5) is 37.1. The Morgan fingerprint density at radius 2 is 1.86 bits per heavy atom. The van der Waals surface area contributed by atoms with Gasteiger partial charge < -0.3 is 29.7 Å². The van der Waals surface area contributed by atoms with Crippen molar-refractivity contribution in [3.05, 3.63) is 51.4 Å². The fraction of sp³-hybridized carbons (Fsp3) is 0.448. The standard InChI is InChI=1S/C29H34Cl2N6O5/c1-4-23(38)36-8-5-19(6-9-36)32-7-10-37-27-18(14-34-29(35-27)33-13-17-15-42-16-17)11-20(28(37)39)24-25(30)21(40-2)12-22(41-3)26(24)31/h4,11-12,14,17,19,32H,1,5-10,13,15-16H2,2-3H3,(H,33,34,35). The quantitative estimate of drug-likeness (QED) is 0.311. The van der Waals surface area contributed by atoms with Gasteiger partial charge >= 0.3 is 0 Å². The highest BCUT2D eigenvalue weighted by Crippen LogP contribution is 2.45. The average molecular weight is 618 g/mol. The maximum Gasteiger partial charge on any atom is 0.260 e. The second kappa shape index (κ2) is 13.3. The molecule has 1 aromatic carbocycles. The smallest absolute Gasteiger partial charge is 0.260 e. The lowest BCUT2D eigenvalue weighted by Gasteiger charge is -2.32. The molecule has 0 aliphatic carbocycles. The molecule has 2 fully saturated rings. The predicted octanol–water partition coefficient (Wildman–Crippen LogP) is 3.61. The molecule has 0 saturated carbocycles. The summed E-state index contributed by atoms with van der Waals surface area (Å²) in [5.74, 6) is 1.44. The van der Waals surface area contributed by atoms with Gasteiger partial charge in [-0.2, -0.15) is 4.98 Å². The lowest BCUT2D eigenvalue weighted by molar-refractivity contribution is -0.127. The largest absolute Gasteiger partial charge is 0.495 e. The van der Waals surface area contributed by atoms with E-state index in [0.717, 1.165) is 12.8 Å². The molecule has 2 aromatic heterocycles. The molecular weight excluding hydrogens is 583 g/mol. The Bertz CT molecular complexity index is 1510. The van der Waals surface area contributed by atoms with Crippen molar-refractivity contribution >= 4 is 46.1 Å². The van der Waals surface area contributed by atoms with Crippen molar-refractivity contribution in [1.82, 2.24) is 24.8 Å². The number of hydrogen-bond donors (Lipinski definition) is 2. The van der Waals surface area contributed by atoms with Crippen LogP contribution in [0.5, 0.6) is 11.5 Å². The number of rotatable bonds is 11. The van der Waals surface area contributed by atoms with Crippen LogP contribution in [-0.2, 0) is 16.1 Å². The summed E-state index contributed by atoms with van der Waals surface area (Å²) >= 11 is 13.4. The van der Waals surface area contributed by atoms with E-state index in [1.165, 1.54) is 20.3 Å². The zero-order valence-electron chi connectivity index (χ0n) is 23.6. The molecule has 0 atom stereocenters. The molecule has 0 spiro atoms. The van der Waals surface area contributed by atoms with E-state index in [1.807, 2.05) is 0 Å². The van der Waals surface area contributed by atoms with E-state index < -0.39 is 0 Å². The van der Waals surface area contributed by atoms with E-state index in [0.29, 0.717) is 85.9 Å². The van der Waals surface area contributed by atoms with Gasteiger partial charge in [0, 0.05) is 67.9 Å². The van der Waals surface area contributed by atoms with Crippen LogP contribution in [-0.4, -0.2) is 85.0 Å². The number of nitrogens with one attached hydrogen (secondary N) is 2. The Morgan fingerprint density at radius 1 is 1.17 bits per heavy atom. The van der Waals surface area contributed by atoms with Crippen molar-refractivity contribution in [2.75, 3.05) is 58.9 Å². The molecule has 5 rings (SSSR count). The maximum atomic E-state index is 14.1. The minimum Gasteiger partial charge on any atom is -0.495 e. The van der Waals surface area contributed by atoms with E-state index in [4.69, 9.17) is 42.4 Å². The number of anilines is 1. The number of piperidine rings is 1. The van der Waals surface area contributed by atoms with E-state index >= 15 is 0 Å². The first kappa shape index (κ1) is 30.1. The molecule has 4 heterocycles. The first-order valence-corrected chi connectivity index (χ1v) is 14.6. The third-order valence-corrected chi connectivity index (χ3v) is 8.43. The molecule has 224 valence electrons. The van der Waals surface area contributed by atoms with Gasteiger partial charge in [0.05, 0.1) is 43.0 Å². The van der Waals surface area contributed by atoms with Crippen LogP contribution in [0.3, 0.4) is 0 Å². The van der Waals surface area contributed by atoms with E-state index in [-0.39, 0.29) is 33.1 Å². The number of aromatic nitrogens is 3. The summed E-state index contributed by atoms with van der Waals surface area (Å²) in [6.45, 7) is 7.81. The molecule has 2 N–H and O–H groups in total. The van der Waals surface area contributed by atoms with Crippen molar-refractivity contribution in [3.63, 3.8) is 0 Å². The molecule has 3 aromatic rings. The average Bonchev–Trinajstić information content (AvgIpc) is 2.98. The van der Waals surface area contributed by atoms with Gasteiger partial charge in [0.25, 0.3) is 5.56 Å². The number of halogens is 2. The fourth-order valence-corrected chi connectivity index (χ4v) is 5.91. The number of fused-ring (bicyclic) bond motifs is 1. The maximum absolute atomic E-state index is 14.1. The lowest BCUT2D eigenvalue weighted by Crippen LogP contribution is -2.45. The normalized spacial score (nSPS) is 15.9. The number of nitrogens with zero attached hydrogens (tertiary/aromatic N) is 4. The van der Waals surface area contributed by atoms with Crippen LogP contribution in [0.25, 0.3) is 22.2 Å². The highest BCUT2D eigenvalue weighted by molar-refractivity contribution is 6.41. The summed E-state index contributed by atoms with van der Waals surface area (Å²) in [5, 5.41) is 7.85. The number of amides is 1. The minimum atomic E-state index is -0.313. The number of pyridine rings is 1. The third kappa shape index (κ3) is 6.19. The lowest BCUT2D eigenvalue weighted by atomic mass is 10.0. The molecule has 0 unspecified atom stereocenters. The van der Waals surface area contributed by atoms with Gasteiger partial charge in [-0.3, -0.25) is 14.2 Å². The predicted molar refractivity (Wildman–Crippen MR) is 163 cm³/mol. The SMILES string of the molecule is C=CC(=O)N1CCC(NCCn2c(=O)c(-c3c(Cl)c(OC)cc(OC)c3Cl)cc3cnc(NCC4COC4)nc32)CC1. The molecule has 2 aliphatic rings. The van der Waals surface area contributed by atoms with Gasteiger partial charge in [0.1, 0.15) is 17.1 Å². The summed E-state index contributed by atoms with van der Waals surface area (Å²) in [7, 11) is 2.97. The van der Waals surface area contributed by atoms with Crippen molar-refractivity contribution < 1.29 is 19.0 Å². The van der Waals surface area contributed by atoms with E-state index in [1.54, 1.807) is 27.8 Å². The van der Waals surface area contributed by atoms with Crippen molar-refractivity contribution in [1.29, 1.82) is 0 Å². The molecule has 0 bridgehead atoms. The Hall–Kier alpha value is -3.38. The molecule has 2 saturated heterocycles. The summed E-state index contributed by atoms with van der Waals surface area (Å²) in [5.41, 5.74) is 0.768. The summed E-state index contributed by atoms with van der Waals surface area (Å²) in [6, 6.07) is 3.50. The topological polar surface area (TPSA) is 120 Å². The van der Waals surface area contributed by atoms with Crippen LogP contribution < -0.4 is 25.7 Å². The molecule has 42 heavy (non-hydrogen) atoms. The zero-order valence-corrected chi connectivity index (χ0v) is 25.1. The number of carbonyl (C=O) groups is 1. The van der Waals surface area contributed by atoms with Gasteiger partial charge in [-0.15, -0.1) is 0 Å². The highest BCUT2D eigenvalue weighted by atomic mass is 35.5.